The Hall–Kier alpha value is -0.700. The van der Waals surface area contributed by atoms with Gasteiger partial charge in [0.2, 0.25) is 0 Å². The smallest absolute Gasteiger partial charge is 0.129 e. The normalized spacial score (nSPS) is 10.5. The second-order valence-corrected chi connectivity index (χ2v) is 3.28. The molecule has 0 bridgehead atoms. The molecule has 0 unspecified atom stereocenters. The van der Waals surface area contributed by atoms with E-state index in [0.717, 1.165) is 11.5 Å². The van der Waals surface area contributed by atoms with E-state index in [1.807, 2.05) is 6.92 Å². The van der Waals surface area contributed by atoms with Crippen LogP contribution in [0.5, 0.6) is 0 Å². The molecule has 2 nitrogen and oxygen atoms in total. The summed E-state index contributed by atoms with van der Waals surface area (Å²) < 4.78 is 0. The van der Waals surface area contributed by atoms with Crippen LogP contribution >= 0.6 is 0 Å². The van der Waals surface area contributed by atoms with Gasteiger partial charge in [-0.3, -0.25) is 4.98 Å². The van der Waals surface area contributed by atoms with Gasteiger partial charge in [-0.05, 0) is 13.0 Å². The molecule has 0 aromatic carbocycles. The fourth-order valence-corrected chi connectivity index (χ4v) is 1.08. The Morgan fingerprint density at radius 3 is 2.45 bits per heavy atom. The zero-order valence-electron chi connectivity index (χ0n) is 6.96. The highest BCUT2D eigenvalue weighted by atomic mass is 32.1. The van der Waals surface area contributed by atoms with Crippen molar-refractivity contribution < 1.29 is 0 Å². The van der Waals surface area contributed by atoms with E-state index in [0.29, 0.717) is 10.9 Å². The molecule has 0 saturated carbocycles. The number of hydrogen-bond donors (Lipinski definition) is 0. The molecule has 0 N–H and O–H groups in total. The van der Waals surface area contributed by atoms with E-state index in [2.05, 4.69) is 23.8 Å². The Labute approximate surface area is 72.5 Å². The Kier molecular flexibility index (Phi) is 2.39. The minimum Gasteiger partial charge on any atom is -0.760 e. The fraction of sp³-hybridized carbons (Fsp3) is 0.500. The van der Waals surface area contributed by atoms with Gasteiger partial charge in [0.05, 0.1) is 0 Å². The molecule has 0 spiro atoms. The Morgan fingerprint density at radius 2 is 2.00 bits per heavy atom. The summed E-state index contributed by atoms with van der Waals surface area (Å²) in [4.78, 5) is 8.39. The number of nitrogens with zero attached hydrogens (tertiary/aromatic N) is 2. The van der Waals surface area contributed by atoms with Crippen LogP contribution < -0.4 is 0 Å². The van der Waals surface area contributed by atoms with Crippen molar-refractivity contribution in [2.75, 3.05) is 0 Å². The van der Waals surface area contributed by atoms with Gasteiger partial charge in [-0.2, -0.15) is 0 Å². The number of hydrogen-bond acceptors (Lipinski definition) is 3. The third-order valence-electron chi connectivity index (χ3n) is 1.36. The largest absolute Gasteiger partial charge is 0.760 e. The lowest BCUT2D eigenvalue weighted by atomic mass is 10.2. The van der Waals surface area contributed by atoms with Gasteiger partial charge in [-0.25, -0.2) is 4.98 Å². The van der Waals surface area contributed by atoms with E-state index in [4.69, 9.17) is 12.6 Å². The summed E-state index contributed by atoms with van der Waals surface area (Å²) >= 11 is 4.96. The predicted octanol–water partition coefficient (Wildman–Crippen LogP) is 1.81. The Balaban J connectivity index is 3.08. The summed E-state index contributed by atoms with van der Waals surface area (Å²) in [6.45, 7) is 6.05. The van der Waals surface area contributed by atoms with Crippen LogP contribution in [0.15, 0.2) is 11.1 Å². The van der Waals surface area contributed by atoms with Gasteiger partial charge in [0.1, 0.15) is 5.82 Å². The summed E-state index contributed by atoms with van der Waals surface area (Å²) in [6.07, 6.45) is 0. The molecule has 0 aliphatic heterocycles. The first-order chi connectivity index (χ1) is 5.09. The standard InChI is InChI=1S/C8H12N2S/c1-5(2)8-9-6(3)4-7(11)10-8/h4-5H,1-3H3,(H,9,10,11)/p-1. The van der Waals surface area contributed by atoms with Crippen molar-refractivity contribution in [3.8, 4) is 0 Å². The molecule has 1 aromatic rings. The highest BCUT2D eigenvalue weighted by Gasteiger charge is 2.00. The molecule has 11 heavy (non-hydrogen) atoms. The van der Waals surface area contributed by atoms with Gasteiger partial charge in [-0.15, -0.1) is 0 Å². The zero-order valence-corrected chi connectivity index (χ0v) is 7.77. The average molecular weight is 167 g/mol. The monoisotopic (exact) mass is 167 g/mol. The van der Waals surface area contributed by atoms with Gasteiger partial charge in [0.15, 0.2) is 0 Å². The summed E-state index contributed by atoms with van der Waals surface area (Å²) in [5, 5.41) is 0.640. The molecule has 0 aliphatic carbocycles. The van der Waals surface area contributed by atoms with Crippen LogP contribution in [-0.2, 0) is 12.6 Å². The molecular weight excluding hydrogens is 156 g/mol. The van der Waals surface area contributed by atoms with Crippen molar-refractivity contribution in [2.24, 2.45) is 0 Å². The second-order valence-electron chi connectivity index (χ2n) is 2.86. The molecule has 1 heterocycles. The van der Waals surface area contributed by atoms with Gasteiger partial charge < -0.3 is 12.6 Å². The van der Waals surface area contributed by atoms with Crippen molar-refractivity contribution >= 4 is 12.6 Å². The maximum Gasteiger partial charge on any atom is 0.129 e. The average Bonchev–Trinajstić information content (AvgIpc) is 1.85. The van der Waals surface area contributed by atoms with E-state index in [1.165, 1.54) is 0 Å². The summed E-state index contributed by atoms with van der Waals surface area (Å²) in [5.41, 5.74) is 0.953. The highest BCUT2D eigenvalue weighted by molar-refractivity contribution is 7.58. The second kappa shape index (κ2) is 3.13. The van der Waals surface area contributed by atoms with Gasteiger partial charge >= 0.3 is 0 Å². The first-order valence-electron chi connectivity index (χ1n) is 3.62. The van der Waals surface area contributed by atoms with Crippen LogP contribution in [0.2, 0.25) is 0 Å². The van der Waals surface area contributed by atoms with Crippen LogP contribution in [0, 0.1) is 6.92 Å². The third kappa shape index (κ3) is 2.12. The molecule has 0 aliphatic rings. The topological polar surface area (TPSA) is 25.8 Å². The quantitative estimate of drug-likeness (QED) is 0.471. The molecule has 0 radical (unpaired) electrons. The predicted molar refractivity (Wildman–Crippen MR) is 46.5 cm³/mol. The lowest BCUT2D eigenvalue weighted by Gasteiger charge is -2.10. The number of rotatable bonds is 1. The van der Waals surface area contributed by atoms with Crippen molar-refractivity contribution in [2.45, 2.75) is 31.7 Å². The Morgan fingerprint density at radius 1 is 1.36 bits per heavy atom. The Bertz CT molecular complexity index is 238. The maximum absolute atomic E-state index is 4.96. The third-order valence-corrected chi connectivity index (χ3v) is 1.57. The molecule has 3 heteroatoms. The van der Waals surface area contributed by atoms with Gasteiger partial charge in [-0.1, -0.05) is 18.9 Å². The van der Waals surface area contributed by atoms with E-state index in [-0.39, 0.29) is 0 Å². The van der Waals surface area contributed by atoms with Crippen LogP contribution in [0.1, 0.15) is 31.3 Å². The molecule has 0 saturated heterocycles. The first-order valence-corrected chi connectivity index (χ1v) is 4.03. The molecule has 60 valence electrons. The molecule has 0 fully saturated rings. The van der Waals surface area contributed by atoms with Crippen LogP contribution in [0.25, 0.3) is 0 Å². The van der Waals surface area contributed by atoms with Gasteiger partial charge in [0, 0.05) is 11.6 Å². The molecule has 0 atom stereocenters. The molecule has 1 rings (SSSR count). The minimum atomic E-state index is 0.358. The minimum absolute atomic E-state index is 0.358. The molecule has 1 aromatic heterocycles. The van der Waals surface area contributed by atoms with Crippen molar-refractivity contribution in [1.82, 2.24) is 9.97 Å². The fourth-order valence-electron chi connectivity index (χ4n) is 0.820. The number of aromatic nitrogens is 2. The summed E-state index contributed by atoms with van der Waals surface area (Å²) in [7, 11) is 0. The van der Waals surface area contributed by atoms with Crippen molar-refractivity contribution in [3.05, 3.63) is 17.6 Å². The SMILES string of the molecule is Cc1cc([S-])nc(C(C)C)n1. The lowest BCUT2D eigenvalue weighted by Crippen LogP contribution is -2.00. The molecular formula is C8H11N2S-. The van der Waals surface area contributed by atoms with E-state index >= 15 is 0 Å². The van der Waals surface area contributed by atoms with Crippen molar-refractivity contribution in [3.63, 3.8) is 0 Å². The van der Waals surface area contributed by atoms with Crippen molar-refractivity contribution in [1.29, 1.82) is 0 Å². The van der Waals surface area contributed by atoms with Gasteiger partial charge in [0.25, 0.3) is 0 Å². The van der Waals surface area contributed by atoms with Crippen LogP contribution in [-0.4, -0.2) is 9.97 Å². The summed E-state index contributed by atoms with van der Waals surface area (Å²) in [6, 6.07) is 1.81. The van der Waals surface area contributed by atoms with E-state index in [1.54, 1.807) is 6.07 Å². The zero-order chi connectivity index (χ0) is 8.43. The number of aryl methyl sites for hydroxylation is 1. The van der Waals surface area contributed by atoms with E-state index < -0.39 is 0 Å². The first kappa shape index (κ1) is 8.40. The lowest BCUT2D eigenvalue weighted by molar-refractivity contribution is 0.745. The highest BCUT2D eigenvalue weighted by Crippen LogP contribution is 2.09. The maximum atomic E-state index is 4.96. The van der Waals surface area contributed by atoms with E-state index in [9.17, 15) is 0 Å². The van der Waals surface area contributed by atoms with Crippen LogP contribution in [0.4, 0.5) is 0 Å². The molecule has 0 amide bonds. The summed E-state index contributed by atoms with van der Waals surface area (Å²) in [5.74, 6) is 1.20. The van der Waals surface area contributed by atoms with Crippen LogP contribution in [0.3, 0.4) is 0 Å².